The quantitative estimate of drug-likeness (QED) is 0.873. The van der Waals surface area contributed by atoms with E-state index in [-0.39, 0.29) is 6.42 Å². The first-order chi connectivity index (χ1) is 9.08. The Morgan fingerprint density at radius 1 is 1.37 bits per heavy atom. The van der Waals surface area contributed by atoms with E-state index in [0.717, 1.165) is 5.56 Å². The van der Waals surface area contributed by atoms with Crippen molar-refractivity contribution < 1.29 is 9.90 Å². The maximum Gasteiger partial charge on any atom is 0.314 e. The van der Waals surface area contributed by atoms with Gasteiger partial charge in [-0.15, -0.1) is 10.2 Å². The van der Waals surface area contributed by atoms with E-state index in [1.165, 1.54) is 4.80 Å². The molecule has 1 heterocycles. The van der Waals surface area contributed by atoms with Crippen molar-refractivity contribution in [3.05, 3.63) is 41.7 Å². The number of aryl methyl sites for hydroxylation is 1. The lowest BCUT2D eigenvalue weighted by Crippen LogP contribution is -2.38. The van der Waals surface area contributed by atoms with Gasteiger partial charge in [0.25, 0.3) is 0 Å². The molecule has 0 radical (unpaired) electrons. The number of hydrogen-bond donors (Lipinski definition) is 1. The van der Waals surface area contributed by atoms with Crippen LogP contribution >= 0.6 is 0 Å². The van der Waals surface area contributed by atoms with E-state index in [1.54, 1.807) is 7.05 Å². The van der Waals surface area contributed by atoms with Gasteiger partial charge < -0.3 is 5.11 Å². The van der Waals surface area contributed by atoms with E-state index in [2.05, 4.69) is 15.4 Å². The SMILES string of the molecule is CCC(Cc1nnn(C)n1)(C(=O)O)c1ccccc1. The zero-order valence-electron chi connectivity index (χ0n) is 10.9. The fourth-order valence-corrected chi connectivity index (χ4v) is 2.20. The Labute approximate surface area is 111 Å². The van der Waals surface area contributed by atoms with Gasteiger partial charge in [0.05, 0.1) is 12.5 Å². The molecule has 0 saturated heterocycles. The third kappa shape index (κ3) is 2.47. The van der Waals surface area contributed by atoms with Crippen LogP contribution in [0.1, 0.15) is 24.7 Å². The molecule has 0 aliphatic heterocycles. The number of nitrogens with zero attached hydrogens (tertiary/aromatic N) is 4. The summed E-state index contributed by atoms with van der Waals surface area (Å²) in [6.45, 7) is 1.86. The van der Waals surface area contributed by atoms with Crippen molar-refractivity contribution in [3.63, 3.8) is 0 Å². The van der Waals surface area contributed by atoms with Crippen molar-refractivity contribution >= 4 is 5.97 Å². The maximum atomic E-state index is 11.8. The van der Waals surface area contributed by atoms with Gasteiger partial charge in [-0.1, -0.05) is 37.3 Å². The first kappa shape index (κ1) is 13.2. The lowest BCUT2D eigenvalue weighted by Gasteiger charge is -2.27. The first-order valence-corrected chi connectivity index (χ1v) is 6.10. The molecule has 1 aromatic heterocycles. The summed E-state index contributed by atoms with van der Waals surface area (Å²) in [5, 5.41) is 21.4. The molecule has 0 fully saturated rings. The van der Waals surface area contributed by atoms with Crippen molar-refractivity contribution in [2.24, 2.45) is 7.05 Å². The molecule has 0 bridgehead atoms. The van der Waals surface area contributed by atoms with Crippen molar-refractivity contribution in [2.45, 2.75) is 25.2 Å². The standard InChI is InChI=1S/C13H16N4O2/c1-3-13(12(18)19,10-7-5-4-6-8-10)9-11-14-16-17(2)15-11/h4-8H,3,9H2,1-2H3,(H,18,19). The van der Waals surface area contributed by atoms with Gasteiger partial charge in [-0.2, -0.15) is 4.80 Å². The third-order valence-electron chi connectivity index (χ3n) is 3.35. The molecule has 2 aromatic rings. The predicted molar refractivity (Wildman–Crippen MR) is 68.5 cm³/mol. The van der Waals surface area contributed by atoms with Crippen molar-refractivity contribution in [1.29, 1.82) is 0 Å². The van der Waals surface area contributed by atoms with E-state index in [4.69, 9.17) is 0 Å². The molecular formula is C13H16N4O2. The Balaban J connectivity index is 2.43. The molecule has 1 atom stereocenters. The van der Waals surface area contributed by atoms with Gasteiger partial charge in [-0.05, 0) is 17.2 Å². The summed E-state index contributed by atoms with van der Waals surface area (Å²) < 4.78 is 0. The topological polar surface area (TPSA) is 80.9 Å². The van der Waals surface area contributed by atoms with Gasteiger partial charge in [0.1, 0.15) is 0 Å². The number of hydrogen-bond acceptors (Lipinski definition) is 4. The highest BCUT2D eigenvalue weighted by molar-refractivity contribution is 5.81. The molecular weight excluding hydrogens is 244 g/mol. The van der Waals surface area contributed by atoms with Crippen LogP contribution in [0.4, 0.5) is 0 Å². The molecule has 0 amide bonds. The van der Waals surface area contributed by atoms with Crippen molar-refractivity contribution in [3.8, 4) is 0 Å². The molecule has 0 aliphatic rings. The number of benzene rings is 1. The Morgan fingerprint density at radius 2 is 2.05 bits per heavy atom. The van der Waals surface area contributed by atoms with E-state index in [9.17, 15) is 9.90 Å². The van der Waals surface area contributed by atoms with E-state index in [0.29, 0.717) is 12.2 Å². The summed E-state index contributed by atoms with van der Waals surface area (Å²) in [4.78, 5) is 13.1. The lowest BCUT2D eigenvalue weighted by atomic mass is 9.75. The normalized spacial score (nSPS) is 14.0. The number of carboxylic acids is 1. The van der Waals surface area contributed by atoms with Crippen LogP contribution in [0.15, 0.2) is 30.3 Å². The molecule has 1 N–H and O–H groups in total. The van der Waals surface area contributed by atoms with Crippen molar-refractivity contribution in [2.75, 3.05) is 0 Å². The van der Waals surface area contributed by atoms with E-state index in [1.807, 2.05) is 37.3 Å². The first-order valence-electron chi connectivity index (χ1n) is 6.10. The Kier molecular flexibility index (Phi) is 3.59. The second kappa shape index (κ2) is 5.17. The van der Waals surface area contributed by atoms with Crippen LogP contribution in [0.5, 0.6) is 0 Å². The van der Waals surface area contributed by atoms with Crippen LogP contribution in [-0.4, -0.2) is 31.3 Å². The minimum atomic E-state index is -1.01. The van der Waals surface area contributed by atoms with Gasteiger partial charge in [0.15, 0.2) is 5.82 Å². The summed E-state index contributed by atoms with van der Waals surface area (Å²) in [7, 11) is 1.66. The molecule has 100 valence electrons. The van der Waals surface area contributed by atoms with Gasteiger partial charge in [-0.25, -0.2) is 0 Å². The monoisotopic (exact) mass is 260 g/mol. The Bertz CT molecular complexity index is 567. The number of carboxylic acid groups (broad SMARTS) is 1. The molecule has 0 spiro atoms. The van der Waals surface area contributed by atoms with Crippen LogP contribution in [0.2, 0.25) is 0 Å². The Morgan fingerprint density at radius 3 is 2.53 bits per heavy atom. The Hall–Kier alpha value is -2.24. The second-order valence-corrected chi connectivity index (χ2v) is 4.48. The zero-order chi connectivity index (χ0) is 13.9. The minimum absolute atomic E-state index is 0.233. The molecule has 6 heteroatoms. The fraction of sp³-hybridized carbons (Fsp3) is 0.385. The highest BCUT2D eigenvalue weighted by Gasteiger charge is 2.40. The van der Waals surface area contributed by atoms with Crippen LogP contribution < -0.4 is 0 Å². The molecule has 1 aromatic carbocycles. The largest absolute Gasteiger partial charge is 0.481 e. The smallest absolute Gasteiger partial charge is 0.314 e. The number of carbonyl (C=O) groups is 1. The molecule has 19 heavy (non-hydrogen) atoms. The van der Waals surface area contributed by atoms with Gasteiger partial charge in [-0.3, -0.25) is 4.79 Å². The summed E-state index contributed by atoms with van der Waals surface area (Å²) >= 11 is 0. The van der Waals surface area contributed by atoms with Crippen LogP contribution in [0, 0.1) is 0 Å². The summed E-state index contributed by atoms with van der Waals surface area (Å²) in [6.07, 6.45) is 0.696. The van der Waals surface area contributed by atoms with Gasteiger partial charge in [0.2, 0.25) is 0 Å². The fourth-order valence-electron chi connectivity index (χ4n) is 2.20. The van der Waals surface area contributed by atoms with Crippen LogP contribution in [-0.2, 0) is 23.7 Å². The molecule has 0 aliphatic carbocycles. The minimum Gasteiger partial charge on any atom is -0.481 e. The van der Waals surface area contributed by atoms with Crippen LogP contribution in [0.25, 0.3) is 0 Å². The lowest BCUT2D eigenvalue weighted by molar-refractivity contribution is -0.144. The average molecular weight is 260 g/mol. The van der Waals surface area contributed by atoms with Gasteiger partial charge >= 0.3 is 5.97 Å². The molecule has 0 saturated carbocycles. The number of aromatic nitrogens is 4. The van der Waals surface area contributed by atoms with E-state index < -0.39 is 11.4 Å². The maximum absolute atomic E-state index is 11.8. The van der Waals surface area contributed by atoms with Crippen molar-refractivity contribution in [1.82, 2.24) is 20.2 Å². The molecule has 6 nitrogen and oxygen atoms in total. The molecule has 1 unspecified atom stereocenters. The number of aliphatic carboxylic acids is 1. The number of rotatable bonds is 5. The summed E-state index contributed by atoms with van der Waals surface area (Å²) in [6, 6.07) is 9.20. The third-order valence-corrected chi connectivity index (χ3v) is 3.35. The second-order valence-electron chi connectivity index (χ2n) is 4.48. The predicted octanol–water partition coefficient (Wildman–Crippen LogP) is 1.19. The number of tetrazole rings is 1. The summed E-state index contributed by atoms with van der Waals surface area (Å²) in [5.41, 5.74) is -0.248. The van der Waals surface area contributed by atoms with Crippen LogP contribution in [0.3, 0.4) is 0 Å². The zero-order valence-corrected chi connectivity index (χ0v) is 10.9. The van der Waals surface area contributed by atoms with Gasteiger partial charge in [0, 0.05) is 6.42 Å². The highest BCUT2D eigenvalue weighted by atomic mass is 16.4. The highest BCUT2D eigenvalue weighted by Crippen LogP contribution is 2.31. The van der Waals surface area contributed by atoms with E-state index >= 15 is 0 Å². The molecule has 2 rings (SSSR count). The summed E-state index contributed by atoms with van der Waals surface area (Å²) in [5.74, 6) is -0.427. The average Bonchev–Trinajstić information content (AvgIpc) is 2.82.